The molecule has 2 heteroatoms. The monoisotopic (exact) mass is 247 g/mol. The highest BCUT2D eigenvalue weighted by molar-refractivity contribution is 7.19. The van der Waals surface area contributed by atoms with E-state index in [1.807, 2.05) is 11.3 Å². The second-order valence-corrected chi connectivity index (χ2v) is 5.83. The standard InChI is InChI=1S/C15H21NS/c1-3-11(4-2)9-13(16)15-10-12-7-5-6-8-14(12)17-15/h5-8,10-11,13H,3-4,9,16H2,1-2H3. The van der Waals surface area contributed by atoms with Gasteiger partial charge in [0.2, 0.25) is 0 Å². The van der Waals surface area contributed by atoms with E-state index in [0.29, 0.717) is 0 Å². The van der Waals surface area contributed by atoms with Crippen LogP contribution in [0.5, 0.6) is 0 Å². The van der Waals surface area contributed by atoms with E-state index >= 15 is 0 Å². The van der Waals surface area contributed by atoms with Crippen molar-refractivity contribution in [1.82, 2.24) is 0 Å². The van der Waals surface area contributed by atoms with Crippen molar-refractivity contribution in [3.8, 4) is 0 Å². The van der Waals surface area contributed by atoms with E-state index in [1.54, 1.807) is 0 Å². The third kappa shape index (κ3) is 2.88. The van der Waals surface area contributed by atoms with Crippen molar-refractivity contribution >= 4 is 21.4 Å². The summed E-state index contributed by atoms with van der Waals surface area (Å²) in [6, 6.07) is 11.0. The summed E-state index contributed by atoms with van der Waals surface area (Å²) in [5.74, 6) is 0.759. The predicted molar refractivity (Wildman–Crippen MR) is 77.4 cm³/mol. The molecule has 0 saturated heterocycles. The normalized spacial score (nSPS) is 13.4. The number of hydrogen-bond acceptors (Lipinski definition) is 2. The second kappa shape index (κ2) is 5.65. The van der Waals surface area contributed by atoms with Crippen LogP contribution in [-0.2, 0) is 0 Å². The van der Waals surface area contributed by atoms with Crippen molar-refractivity contribution in [1.29, 1.82) is 0 Å². The third-order valence-corrected chi connectivity index (χ3v) is 4.80. The fourth-order valence-corrected chi connectivity index (χ4v) is 3.36. The van der Waals surface area contributed by atoms with Gasteiger partial charge in [0, 0.05) is 15.6 Å². The van der Waals surface area contributed by atoms with Gasteiger partial charge >= 0.3 is 0 Å². The lowest BCUT2D eigenvalue weighted by Crippen LogP contribution is -2.13. The molecule has 2 N–H and O–H groups in total. The Labute approximate surface area is 108 Å². The molecule has 17 heavy (non-hydrogen) atoms. The SMILES string of the molecule is CCC(CC)CC(N)c1cc2ccccc2s1. The smallest absolute Gasteiger partial charge is 0.0392 e. The molecule has 1 unspecified atom stereocenters. The first-order valence-electron chi connectivity index (χ1n) is 6.48. The molecule has 0 saturated carbocycles. The van der Waals surface area contributed by atoms with Crippen molar-refractivity contribution in [2.45, 2.75) is 39.2 Å². The predicted octanol–water partition coefficient (Wildman–Crippen LogP) is 4.73. The van der Waals surface area contributed by atoms with Crippen molar-refractivity contribution in [2.24, 2.45) is 11.7 Å². The van der Waals surface area contributed by atoms with Crippen LogP contribution in [0.25, 0.3) is 10.1 Å². The van der Waals surface area contributed by atoms with E-state index in [9.17, 15) is 0 Å². The molecule has 0 aliphatic heterocycles. The van der Waals surface area contributed by atoms with Crippen molar-refractivity contribution in [2.75, 3.05) is 0 Å². The summed E-state index contributed by atoms with van der Waals surface area (Å²) in [4.78, 5) is 1.33. The summed E-state index contributed by atoms with van der Waals surface area (Å²) in [7, 11) is 0. The zero-order valence-electron chi connectivity index (χ0n) is 10.6. The quantitative estimate of drug-likeness (QED) is 0.812. The highest BCUT2D eigenvalue weighted by Crippen LogP contribution is 2.32. The lowest BCUT2D eigenvalue weighted by atomic mass is 9.94. The number of nitrogens with two attached hydrogens (primary N) is 1. The zero-order chi connectivity index (χ0) is 12.3. The van der Waals surface area contributed by atoms with Crippen LogP contribution in [0.2, 0.25) is 0 Å². The Morgan fingerprint density at radius 2 is 1.88 bits per heavy atom. The molecule has 0 radical (unpaired) electrons. The average Bonchev–Trinajstić information content (AvgIpc) is 2.79. The Morgan fingerprint density at radius 1 is 1.18 bits per heavy atom. The van der Waals surface area contributed by atoms with Crippen LogP contribution in [-0.4, -0.2) is 0 Å². The molecule has 0 fully saturated rings. The largest absolute Gasteiger partial charge is 0.323 e. The van der Waals surface area contributed by atoms with E-state index in [4.69, 9.17) is 5.73 Å². The molecular formula is C15H21NS. The Kier molecular flexibility index (Phi) is 4.19. The molecule has 2 rings (SSSR count). The second-order valence-electron chi connectivity index (χ2n) is 4.71. The van der Waals surface area contributed by atoms with Crippen LogP contribution in [0, 0.1) is 5.92 Å². The fourth-order valence-electron chi connectivity index (χ4n) is 2.28. The molecule has 1 heterocycles. The molecule has 92 valence electrons. The van der Waals surface area contributed by atoms with E-state index in [2.05, 4.69) is 44.2 Å². The molecule has 0 amide bonds. The maximum Gasteiger partial charge on any atom is 0.0392 e. The van der Waals surface area contributed by atoms with Crippen LogP contribution in [0.3, 0.4) is 0 Å². The Balaban J connectivity index is 2.15. The van der Waals surface area contributed by atoms with Crippen molar-refractivity contribution in [3.05, 3.63) is 35.2 Å². The molecule has 1 aromatic carbocycles. The van der Waals surface area contributed by atoms with Gasteiger partial charge in [0.05, 0.1) is 0 Å². The minimum atomic E-state index is 0.206. The number of hydrogen-bond donors (Lipinski definition) is 1. The number of benzene rings is 1. The zero-order valence-corrected chi connectivity index (χ0v) is 11.5. The molecule has 1 aromatic heterocycles. The first kappa shape index (κ1) is 12.6. The summed E-state index contributed by atoms with van der Waals surface area (Å²) in [6.07, 6.45) is 3.57. The van der Waals surface area contributed by atoms with Gasteiger partial charge in [-0.25, -0.2) is 0 Å². The van der Waals surface area contributed by atoms with Gasteiger partial charge in [-0.3, -0.25) is 0 Å². The van der Waals surface area contributed by atoms with E-state index < -0.39 is 0 Å². The fraction of sp³-hybridized carbons (Fsp3) is 0.467. The van der Waals surface area contributed by atoms with Crippen LogP contribution in [0.1, 0.15) is 44.0 Å². The van der Waals surface area contributed by atoms with Crippen molar-refractivity contribution < 1.29 is 0 Å². The van der Waals surface area contributed by atoms with Gasteiger partial charge in [-0.15, -0.1) is 11.3 Å². The Hall–Kier alpha value is -0.860. The highest BCUT2D eigenvalue weighted by Gasteiger charge is 2.14. The molecular weight excluding hydrogens is 226 g/mol. The number of rotatable bonds is 5. The van der Waals surface area contributed by atoms with E-state index in [-0.39, 0.29) is 6.04 Å². The molecule has 0 spiro atoms. The Morgan fingerprint density at radius 3 is 2.53 bits per heavy atom. The summed E-state index contributed by atoms with van der Waals surface area (Å²) in [5.41, 5.74) is 6.32. The Bertz CT molecular complexity index is 437. The van der Waals surface area contributed by atoms with Gasteiger partial charge in [-0.1, -0.05) is 44.9 Å². The van der Waals surface area contributed by atoms with Crippen LogP contribution >= 0.6 is 11.3 Å². The van der Waals surface area contributed by atoms with E-state index in [0.717, 1.165) is 12.3 Å². The molecule has 0 aliphatic rings. The maximum absolute atomic E-state index is 6.32. The topological polar surface area (TPSA) is 26.0 Å². The average molecular weight is 247 g/mol. The summed E-state index contributed by atoms with van der Waals surface area (Å²) < 4.78 is 1.35. The number of fused-ring (bicyclic) bond motifs is 1. The first-order chi connectivity index (χ1) is 8.24. The van der Waals surface area contributed by atoms with Gasteiger partial charge in [-0.05, 0) is 29.9 Å². The van der Waals surface area contributed by atoms with Gasteiger partial charge in [0.15, 0.2) is 0 Å². The van der Waals surface area contributed by atoms with Gasteiger partial charge in [-0.2, -0.15) is 0 Å². The molecule has 1 atom stereocenters. The maximum atomic E-state index is 6.32. The van der Waals surface area contributed by atoms with Crippen molar-refractivity contribution in [3.63, 3.8) is 0 Å². The summed E-state index contributed by atoms with van der Waals surface area (Å²) in [5, 5.41) is 1.33. The van der Waals surface area contributed by atoms with Gasteiger partial charge in [0.25, 0.3) is 0 Å². The third-order valence-electron chi connectivity index (χ3n) is 3.55. The molecule has 1 nitrogen and oxygen atoms in total. The van der Waals surface area contributed by atoms with Gasteiger partial charge < -0.3 is 5.73 Å². The molecule has 2 aromatic rings. The lowest BCUT2D eigenvalue weighted by Gasteiger charge is -2.16. The lowest BCUT2D eigenvalue weighted by molar-refractivity contribution is 0.417. The van der Waals surface area contributed by atoms with Crippen LogP contribution < -0.4 is 5.73 Å². The van der Waals surface area contributed by atoms with Crippen LogP contribution in [0.15, 0.2) is 30.3 Å². The van der Waals surface area contributed by atoms with Crippen LogP contribution in [0.4, 0.5) is 0 Å². The molecule has 0 bridgehead atoms. The van der Waals surface area contributed by atoms with Gasteiger partial charge in [0.1, 0.15) is 0 Å². The minimum absolute atomic E-state index is 0.206. The summed E-state index contributed by atoms with van der Waals surface area (Å²) >= 11 is 1.84. The molecule has 0 aliphatic carbocycles. The van der Waals surface area contributed by atoms with E-state index in [1.165, 1.54) is 27.8 Å². The highest BCUT2D eigenvalue weighted by atomic mass is 32.1. The summed E-state index contributed by atoms with van der Waals surface area (Å²) in [6.45, 7) is 4.51. The minimum Gasteiger partial charge on any atom is -0.323 e. The number of thiophene rings is 1. The first-order valence-corrected chi connectivity index (χ1v) is 7.30.